The quantitative estimate of drug-likeness (QED) is 0.514. The fourth-order valence-electron chi connectivity index (χ4n) is 0.466. The SMILES string of the molecule is O=CN1CSCSC1. The van der Waals surface area contributed by atoms with E-state index < -0.39 is 0 Å². The zero-order valence-electron chi connectivity index (χ0n) is 4.37. The topological polar surface area (TPSA) is 20.3 Å². The number of carbonyl (C=O) groups is 1. The molecule has 0 aromatic heterocycles. The van der Waals surface area contributed by atoms with Crippen molar-refractivity contribution in [2.24, 2.45) is 0 Å². The molecule has 2 nitrogen and oxygen atoms in total. The summed E-state index contributed by atoms with van der Waals surface area (Å²) in [5.41, 5.74) is 0. The van der Waals surface area contributed by atoms with Crippen LogP contribution in [-0.4, -0.2) is 28.1 Å². The predicted octanol–water partition coefficient (Wildman–Crippen LogP) is 0.797. The minimum atomic E-state index is 0.872. The zero-order valence-corrected chi connectivity index (χ0v) is 6.00. The van der Waals surface area contributed by atoms with Crippen molar-refractivity contribution in [2.45, 2.75) is 0 Å². The van der Waals surface area contributed by atoms with E-state index in [9.17, 15) is 4.79 Å². The van der Waals surface area contributed by atoms with Crippen LogP contribution in [0.1, 0.15) is 0 Å². The van der Waals surface area contributed by atoms with Crippen LogP contribution < -0.4 is 0 Å². The minimum absolute atomic E-state index is 0.872. The standard InChI is InChI=1S/C4H7NOS2/c6-1-5-2-7-4-8-3-5/h1H,2-4H2. The van der Waals surface area contributed by atoms with Gasteiger partial charge in [-0.3, -0.25) is 4.79 Å². The van der Waals surface area contributed by atoms with Gasteiger partial charge in [0.05, 0.1) is 11.8 Å². The highest BCUT2D eigenvalue weighted by atomic mass is 32.2. The fraction of sp³-hybridized carbons (Fsp3) is 0.750. The van der Waals surface area contributed by atoms with Gasteiger partial charge in [0.15, 0.2) is 0 Å². The Hall–Kier alpha value is 0.170. The maximum absolute atomic E-state index is 10.1. The first kappa shape index (κ1) is 6.29. The molecule has 0 N–H and O–H groups in total. The number of nitrogens with zero attached hydrogens (tertiary/aromatic N) is 1. The minimum Gasteiger partial charge on any atom is -0.327 e. The second-order valence-corrected chi connectivity index (χ2v) is 3.75. The molecule has 1 saturated heterocycles. The van der Waals surface area contributed by atoms with Crippen LogP contribution in [0.5, 0.6) is 0 Å². The average molecular weight is 149 g/mol. The lowest BCUT2D eigenvalue weighted by molar-refractivity contribution is -0.116. The van der Waals surface area contributed by atoms with Gasteiger partial charge in [-0.15, -0.1) is 23.5 Å². The molecule has 46 valence electrons. The molecule has 1 aliphatic heterocycles. The summed E-state index contributed by atoms with van der Waals surface area (Å²) in [5.74, 6) is 1.74. The lowest BCUT2D eigenvalue weighted by Crippen LogP contribution is -2.23. The summed E-state index contributed by atoms with van der Waals surface area (Å²) in [4.78, 5) is 11.8. The number of amides is 1. The van der Waals surface area contributed by atoms with Gasteiger partial charge in [-0.1, -0.05) is 0 Å². The first-order valence-corrected chi connectivity index (χ1v) is 4.59. The van der Waals surface area contributed by atoms with Gasteiger partial charge in [0.2, 0.25) is 6.41 Å². The monoisotopic (exact) mass is 149 g/mol. The van der Waals surface area contributed by atoms with E-state index in [-0.39, 0.29) is 0 Å². The molecule has 0 unspecified atom stereocenters. The third-order valence-corrected chi connectivity index (χ3v) is 3.19. The maximum atomic E-state index is 10.1. The van der Waals surface area contributed by atoms with Crippen molar-refractivity contribution in [1.82, 2.24) is 4.90 Å². The molecular formula is C4H7NOS2. The predicted molar refractivity (Wildman–Crippen MR) is 37.7 cm³/mol. The molecular weight excluding hydrogens is 142 g/mol. The molecule has 0 aliphatic carbocycles. The van der Waals surface area contributed by atoms with Gasteiger partial charge in [0.25, 0.3) is 0 Å². The Bertz CT molecular complexity index is 82.1. The number of thioether (sulfide) groups is 2. The first-order valence-electron chi connectivity index (χ1n) is 2.28. The highest BCUT2D eigenvalue weighted by molar-refractivity contribution is 8.16. The van der Waals surface area contributed by atoms with Crippen molar-refractivity contribution in [3.05, 3.63) is 0 Å². The summed E-state index contributed by atoms with van der Waals surface area (Å²) in [6, 6.07) is 0. The number of rotatable bonds is 1. The molecule has 1 aliphatic rings. The normalized spacial score (nSPS) is 20.8. The summed E-state index contributed by atoms with van der Waals surface area (Å²) < 4.78 is 0. The Morgan fingerprint density at radius 2 is 2.00 bits per heavy atom. The zero-order chi connectivity index (χ0) is 5.82. The van der Waals surface area contributed by atoms with E-state index in [1.807, 2.05) is 0 Å². The van der Waals surface area contributed by atoms with Gasteiger partial charge >= 0.3 is 0 Å². The summed E-state index contributed by atoms with van der Waals surface area (Å²) in [7, 11) is 0. The van der Waals surface area contributed by atoms with E-state index in [2.05, 4.69) is 0 Å². The highest BCUT2D eigenvalue weighted by Gasteiger charge is 2.05. The van der Waals surface area contributed by atoms with Crippen LogP contribution in [0.25, 0.3) is 0 Å². The average Bonchev–Trinajstić information content (AvgIpc) is 1.90. The molecule has 1 rings (SSSR count). The largest absolute Gasteiger partial charge is 0.327 e. The van der Waals surface area contributed by atoms with Gasteiger partial charge in [-0.2, -0.15) is 0 Å². The third kappa shape index (κ3) is 1.59. The first-order chi connectivity index (χ1) is 3.93. The van der Waals surface area contributed by atoms with Gasteiger partial charge in [-0.05, 0) is 0 Å². The number of hydrogen-bond donors (Lipinski definition) is 0. The molecule has 0 aromatic rings. The third-order valence-electron chi connectivity index (χ3n) is 0.830. The van der Waals surface area contributed by atoms with Crippen LogP contribution in [0, 0.1) is 0 Å². The van der Waals surface area contributed by atoms with Crippen LogP contribution in [0.2, 0.25) is 0 Å². The van der Waals surface area contributed by atoms with Gasteiger partial charge in [0, 0.05) is 5.08 Å². The summed E-state index contributed by atoms with van der Waals surface area (Å²) >= 11 is 3.57. The Morgan fingerprint density at radius 1 is 1.38 bits per heavy atom. The number of hydrogen-bond acceptors (Lipinski definition) is 3. The maximum Gasteiger partial charge on any atom is 0.211 e. The van der Waals surface area contributed by atoms with Crippen molar-refractivity contribution in [2.75, 3.05) is 16.8 Å². The molecule has 0 aromatic carbocycles. The number of carbonyl (C=O) groups excluding carboxylic acids is 1. The molecule has 1 heterocycles. The van der Waals surface area contributed by atoms with Crippen molar-refractivity contribution < 1.29 is 4.79 Å². The second kappa shape index (κ2) is 3.25. The molecule has 0 atom stereocenters. The lowest BCUT2D eigenvalue weighted by Gasteiger charge is -2.20. The highest BCUT2D eigenvalue weighted by Crippen LogP contribution is 2.19. The Balaban J connectivity index is 2.22. The van der Waals surface area contributed by atoms with E-state index in [0.717, 1.165) is 23.2 Å². The molecule has 0 spiro atoms. The van der Waals surface area contributed by atoms with Crippen molar-refractivity contribution in [3.63, 3.8) is 0 Å². The van der Waals surface area contributed by atoms with Crippen LogP contribution in [0.4, 0.5) is 0 Å². The van der Waals surface area contributed by atoms with Crippen molar-refractivity contribution >= 4 is 29.9 Å². The van der Waals surface area contributed by atoms with E-state index in [1.165, 1.54) is 0 Å². The van der Waals surface area contributed by atoms with Crippen LogP contribution in [0.3, 0.4) is 0 Å². The van der Waals surface area contributed by atoms with Crippen LogP contribution in [0.15, 0.2) is 0 Å². The smallest absolute Gasteiger partial charge is 0.211 e. The Labute approximate surface area is 57.0 Å². The summed E-state index contributed by atoms with van der Waals surface area (Å²) in [5, 5.41) is 1.13. The second-order valence-electron chi connectivity index (χ2n) is 1.48. The molecule has 4 heteroatoms. The van der Waals surface area contributed by atoms with Crippen molar-refractivity contribution in [1.29, 1.82) is 0 Å². The van der Waals surface area contributed by atoms with E-state index >= 15 is 0 Å². The molecule has 1 fully saturated rings. The Kier molecular flexibility index (Phi) is 2.55. The van der Waals surface area contributed by atoms with Gasteiger partial charge in [0.1, 0.15) is 0 Å². The molecule has 0 bridgehead atoms. The molecule has 8 heavy (non-hydrogen) atoms. The summed E-state index contributed by atoms with van der Waals surface area (Å²) in [6.07, 6.45) is 0.902. The molecule has 0 saturated carbocycles. The fourth-order valence-corrected chi connectivity index (χ4v) is 2.42. The van der Waals surface area contributed by atoms with Crippen LogP contribution >= 0.6 is 23.5 Å². The lowest BCUT2D eigenvalue weighted by atomic mass is 11.0. The summed E-state index contributed by atoms with van der Waals surface area (Å²) in [6.45, 7) is 0. The molecule has 1 amide bonds. The van der Waals surface area contributed by atoms with Gasteiger partial charge in [-0.25, -0.2) is 0 Å². The van der Waals surface area contributed by atoms with E-state index in [1.54, 1.807) is 28.4 Å². The van der Waals surface area contributed by atoms with Gasteiger partial charge < -0.3 is 4.90 Å². The van der Waals surface area contributed by atoms with E-state index in [0.29, 0.717) is 0 Å². The van der Waals surface area contributed by atoms with Crippen LogP contribution in [-0.2, 0) is 4.79 Å². The van der Waals surface area contributed by atoms with E-state index in [4.69, 9.17) is 0 Å². The molecule has 0 radical (unpaired) electrons. The van der Waals surface area contributed by atoms with Crippen molar-refractivity contribution in [3.8, 4) is 0 Å². The Morgan fingerprint density at radius 3 is 2.38 bits per heavy atom.